The first-order valence-corrected chi connectivity index (χ1v) is 19.3. The average Bonchev–Trinajstić information content (AvgIpc) is 3.75. The zero-order valence-corrected chi connectivity index (χ0v) is 33.2. The summed E-state index contributed by atoms with van der Waals surface area (Å²) in [4.78, 5) is 2.18. The molecule has 0 aliphatic rings. The number of anilines is 1. The Balaban J connectivity index is 1.06. The number of ether oxygens (including phenoxy) is 5. The van der Waals surface area contributed by atoms with Crippen LogP contribution in [0, 0.1) is 0 Å². The van der Waals surface area contributed by atoms with E-state index in [0.717, 1.165) is 59.2 Å². The molecule has 0 amide bonds. The van der Waals surface area contributed by atoms with Crippen molar-refractivity contribution in [3.05, 3.63) is 111 Å². The Hall–Kier alpha value is -3.98. The molecule has 1 unspecified atom stereocenters. The summed E-state index contributed by atoms with van der Waals surface area (Å²) in [5, 5.41) is 22.4. The molecule has 6 aromatic rings. The van der Waals surface area contributed by atoms with E-state index in [1.165, 1.54) is 0 Å². The van der Waals surface area contributed by atoms with Crippen molar-refractivity contribution in [1.82, 2.24) is 19.6 Å². The van der Waals surface area contributed by atoms with E-state index < -0.39 is 6.10 Å². The Kier molecular flexibility index (Phi) is 14.2. The van der Waals surface area contributed by atoms with Crippen LogP contribution in [0.5, 0.6) is 11.5 Å². The minimum Gasteiger partial charge on any atom is -0.497 e. The highest BCUT2D eigenvalue weighted by atomic mass is 79.9. The second kappa shape index (κ2) is 19.4. The predicted molar refractivity (Wildman–Crippen MR) is 214 cm³/mol. The number of nitrogens with zero attached hydrogens (tertiary/aromatic N) is 5. The van der Waals surface area contributed by atoms with Crippen molar-refractivity contribution in [2.24, 2.45) is 0 Å². The SMILES string of the molecule is CCOCCOCCOCCn1cc(COc2ccc(CN(CC(O)Cn3c4ccc(Br)cc4c4cc(Br)ccc43)c3cccc(OC)c3)cc2)nn1. The average molecular weight is 852 g/mol. The minimum atomic E-state index is -0.667. The van der Waals surface area contributed by atoms with Gasteiger partial charge in [-0.25, -0.2) is 4.68 Å². The van der Waals surface area contributed by atoms with Crippen LogP contribution in [0.25, 0.3) is 21.8 Å². The van der Waals surface area contributed by atoms with Gasteiger partial charge in [0.15, 0.2) is 0 Å². The van der Waals surface area contributed by atoms with Crippen molar-refractivity contribution in [2.75, 3.05) is 58.2 Å². The second-order valence-electron chi connectivity index (χ2n) is 12.5. The second-order valence-corrected chi connectivity index (χ2v) is 14.3. The standard InChI is InChI=1S/C40H45Br2N5O6/c1-3-50-17-18-52-20-19-51-16-15-46-25-32(43-44-46)28-53-35-11-7-29(8-12-35)24-45(33-5-4-6-36(23-33)49-2)26-34(48)27-47-39-13-9-30(41)21-37(39)38-22-31(42)10-14-40(38)47/h4-14,21-23,25,34,48H,3,15-20,24,26-28H2,1-2H3. The molecule has 0 aliphatic heterocycles. The molecule has 1 atom stereocenters. The highest BCUT2D eigenvalue weighted by molar-refractivity contribution is 9.10. The van der Waals surface area contributed by atoms with Crippen LogP contribution in [0.2, 0.25) is 0 Å². The molecule has 4 aromatic carbocycles. The summed E-state index contributed by atoms with van der Waals surface area (Å²) in [6.45, 7) is 7.69. The van der Waals surface area contributed by atoms with Gasteiger partial charge in [-0.3, -0.25) is 0 Å². The van der Waals surface area contributed by atoms with Gasteiger partial charge in [-0.2, -0.15) is 0 Å². The zero-order valence-electron chi connectivity index (χ0n) is 30.0. The van der Waals surface area contributed by atoms with Crippen LogP contribution in [-0.2, 0) is 40.5 Å². The number of rotatable bonds is 21. The number of aliphatic hydroxyl groups excluding tert-OH is 1. The lowest BCUT2D eigenvalue weighted by Gasteiger charge is -2.28. The molecule has 11 nitrogen and oxygen atoms in total. The Labute approximate surface area is 326 Å². The van der Waals surface area contributed by atoms with Crippen molar-refractivity contribution in [3.63, 3.8) is 0 Å². The smallest absolute Gasteiger partial charge is 0.134 e. The van der Waals surface area contributed by atoms with Crippen molar-refractivity contribution >= 4 is 59.4 Å². The van der Waals surface area contributed by atoms with Gasteiger partial charge in [0.25, 0.3) is 0 Å². The summed E-state index contributed by atoms with van der Waals surface area (Å²) >= 11 is 7.26. The van der Waals surface area contributed by atoms with Crippen LogP contribution in [0.1, 0.15) is 18.2 Å². The van der Waals surface area contributed by atoms with Gasteiger partial charge in [0.05, 0.1) is 65.5 Å². The first-order chi connectivity index (χ1) is 25.9. The number of benzene rings is 4. The predicted octanol–water partition coefficient (Wildman–Crippen LogP) is 7.64. The van der Waals surface area contributed by atoms with E-state index in [0.29, 0.717) is 72.4 Å². The van der Waals surface area contributed by atoms with E-state index in [-0.39, 0.29) is 0 Å². The molecule has 0 saturated heterocycles. The molecule has 0 spiro atoms. The summed E-state index contributed by atoms with van der Waals surface area (Å²) in [6, 6.07) is 28.5. The van der Waals surface area contributed by atoms with Crippen LogP contribution in [-0.4, -0.2) is 84.1 Å². The molecule has 1 N–H and O–H groups in total. The van der Waals surface area contributed by atoms with Crippen molar-refractivity contribution in [3.8, 4) is 11.5 Å². The maximum atomic E-state index is 11.7. The first kappa shape index (κ1) is 38.7. The van der Waals surface area contributed by atoms with Crippen LogP contribution in [0.4, 0.5) is 5.69 Å². The largest absolute Gasteiger partial charge is 0.497 e. The Morgan fingerprint density at radius 1 is 0.792 bits per heavy atom. The zero-order chi connectivity index (χ0) is 37.0. The van der Waals surface area contributed by atoms with Crippen LogP contribution in [0.3, 0.4) is 0 Å². The molecule has 280 valence electrons. The van der Waals surface area contributed by atoms with E-state index in [1.807, 2.05) is 73.8 Å². The Morgan fingerprint density at radius 2 is 1.47 bits per heavy atom. The molecule has 2 heterocycles. The van der Waals surface area contributed by atoms with Crippen LogP contribution < -0.4 is 14.4 Å². The molecule has 6 rings (SSSR count). The summed E-state index contributed by atoms with van der Waals surface area (Å²) in [5.74, 6) is 1.49. The number of hydrogen-bond donors (Lipinski definition) is 1. The van der Waals surface area contributed by atoms with Crippen molar-refractivity contribution < 1.29 is 28.8 Å². The fourth-order valence-corrected chi connectivity index (χ4v) is 6.88. The highest BCUT2D eigenvalue weighted by Crippen LogP contribution is 2.33. The van der Waals surface area contributed by atoms with Crippen molar-refractivity contribution in [2.45, 2.75) is 39.3 Å². The highest BCUT2D eigenvalue weighted by Gasteiger charge is 2.19. The monoisotopic (exact) mass is 849 g/mol. The molecule has 0 aliphatic carbocycles. The van der Waals surface area contributed by atoms with Crippen LogP contribution in [0.15, 0.2) is 100 Å². The first-order valence-electron chi connectivity index (χ1n) is 17.7. The lowest BCUT2D eigenvalue weighted by molar-refractivity contribution is 0.0150. The molecular formula is C40H45Br2N5O6. The number of fused-ring (bicyclic) bond motifs is 3. The van der Waals surface area contributed by atoms with E-state index in [1.54, 1.807) is 11.8 Å². The van der Waals surface area contributed by atoms with Gasteiger partial charge in [0.2, 0.25) is 0 Å². The molecule has 2 aromatic heterocycles. The molecule has 0 fully saturated rings. The van der Waals surface area contributed by atoms with Gasteiger partial charge in [0, 0.05) is 62.2 Å². The number of halogens is 2. The Bertz CT molecular complexity index is 1990. The van der Waals surface area contributed by atoms with Gasteiger partial charge < -0.3 is 38.3 Å². The van der Waals surface area contributed by atoms with Crippen LogP contribution >= 0.6 is 31.9 Å². The fourth-order valence-electron chi connectivity index (χ4n) is 6.16. The molecular weight excluding hydrogens is 806 g/mol. The lowest BCUT2D eigenvalue weighted by Crippen LogP contribution is -2.34. The van der Waals surface area contributed by atoms with E-state index in [2.05, 4.69) is 75.9 Å². The number of methoxy groups -OCH3 is 1. The normalized spacial score (nSPS) is 12.1. The lowest BCUT2D eigenvalue weighted by atomic mass is 10.1. The topological polar surface area (TPSA) is 105 Å². The molecule has 53 heavy (non-hydrogen) atoms. The third-order valence-electron chi connectivity index (χ3n) is 8.71. The summed E-state index contributed by atoms with van der Waals surface area (Å²) in [7, 11) is 1.66. The van der Waals surface area contributed by atoms with E-state index >= 15 is 0 Å². The minimum absolute atomic E-state index is 0.298. The van der Waals surface area contributed by atoms with E-state index in [4.69, 9.17) is 23.7 Å². The molecule has 0 bridgehead atoms. The maximum Gasteiger partial charge on any atom is 0.134 e. The van der Waals surface area contributed by atoms with Crippen molar-refractivity contribution in [1.29, 1.82) is 0 Å². The molecule has 0 radical (unpaired) electrons. The molecule has 13 heteroatoms. The van der Waals surface area contributed by atoms with Gasteiger partial charge in [-0.15, -0.1) is 5.10 Å². The third-order valence-corrected chi connectivity index (χ3v) is 9.70. The number of hydrogen-bond acceptors (Lipinski definition) is 9. The quantitative estimate of drug-likeness (QED) is 0.0733. The summed E-state index contributed by atoms with van der Waals surface area (Å²) in [5.41, 5.74) is 4.91. The number of aliphatic hydroxyl groups is 1. The Morgan fingerprint density at radius 3 is 2.15 bits per heavy atom. The fraction of sp³-hybridized carbons (Fsp3) is 0.350. The molecule has 0 saturated carbocycles. The van der Waals surface area contributed by atoms with Gasteiger partial charge in [0.1, 0.15) is 23.8 Å². The van der Waals surface area contributed by atoms with Gasteiger partial charge in [-0.1, -0.05) is 55.3 Å². The summed E-state index contributed by atoms with van der Waals surface area (Å²) < 4.78 is 33.9. The van der Waals surface area contributed by atoms with Gasteiger partial charge >= 0.3 is 0 Å². The number of aromatic nitrogens is 4. The van der Waals surface area contributed by atoms with Gasteiger partial charge in [-0.05, 0) is 73.2 Å². The summed E-state index contributed by atoms with van der Waals surface area (Å²) in [6.07, 6.45) is 1.20. The third kappa shape index (κ3) is 10.8. The van der Waals surface area contributed by atoms with E-state index in [9.17, 15) is 5.11 Å². The maximum absolute atomic E-state index is 11.7.